The highest BCUT2D eigenvalue weighted by Gasteiger charge is 2.49. The number of hydrogen-bond donors (Lipinski definition) is 0. The molecule has 0 bridgehead atoms. The summed E-state index contributed by atoms with van der Waals surface area (Å²) < 4.78 is 11.0. The lowest BCUT2D eigenvalue weighted by Gasteiger charge is -2.43. The average Bonchev–Trinajstić information content (AvgIpc) is 3.87. The summed E-state index contributed by atoms with van der Waals surface area (Å²) in [7, 11) is -2.60. The van der Waals surface area contributed by atoms with Crippen molar-refractivity contribution in [2.24, 2.45) is 0 Å². The summed E-state index contributed by atoms with van der Waals surface area (Å²) in [5, 5.41) is 5.34. The highest BCUT2D eigenvalue weighted by molar-refractivity contribution is 6.99. The first-order valence-corrected chi connectivity index (χ1v) is 18.9. The maximum atomic E-state index is 13.7. The van der Waals surface area contributed by atoms with Crippen LogP contribution in [0.4, 0.5) is 0 Å². The number of nitrogens with zero attached hydrogens (tertiary/aromatic N) is 4. The Balaban J connectivity index is 1.17. The van der Waals surface area contributed by atoms with E-state index in [0.717, 1.165) is 65.2 Å². The van der Waals surface area contributed by atoms with Gasteiger partial charge in [0.25, 0.3) is 8.32 Å². The Morgan fingerprint density at radius 1 is 0.894 bits per heavy atom. The van der Waals surface area contributed by atoms with Crippen molar-refractivity contribution in [1.29, 1.82) is 0 Å². The summed E-state index contributed by atoms with van der Waals surface area (Å²) >= 11 is 6.40. The van der Waals surface area contributed by atoms with E-state index < -0.39 is 8.32 Å². The van der Waals surface area contributed by atoms with E-state index in [9.17, 15) is 4.79 Å². The van der Waals surface area contributed by atoms with Crippen molar-refractivity contribution < 1.29 is 4.43 Å². The third-order valence-electron chi connectivity index (χ3n) is 9.59. The van der Waals surface area contributed by atoms with Gasteiger partial charge in [0.15, 0.2) is 0 Å². The fourth-order valence-corrected chi connectivity index (χ4v) is 12.0. The number of hydrogen-bond acceptors (Lipinski definition) is 4. The van der Waals surface area contributed by atoms with Gasteiger partial charge in [0.2, 0.25) is 0 Å². The molecule has 6 aromatic rings. The van der Waals surface area contributed by atoms with Gasteiger partial charge in [-0.1, -0.05) is 99.1 Å². The molecule has 1 aliphatic rings. The molecule has 3 aromatic carbocycles. The second-order valence-electron chi connectivity index (χ2n) is 13.7. The lowest BCUT2D eigenvalue weighted by atomic mass is 9.99. The molecule has 7 rings (SSSR count). The van der Waals surface area contributed by atoms with Crippen LogP contribution in [0.5, 0.6) is 0 Å². The Hall–Kier alpha value is -4.04. The van der Waals surface area contributed by atoms with E-state index in [1.54, 1.807) is 12.4 Å². The fourth-order valence-electron chi connectivity index (χ4n) is 7.22. The number of benzene rings is 3. The Kier molecular flexibility index (Phi) is 8.64. The Morgan fingerprint density at radius 2 is 1.60 bits per heavy atom. The predicted molar refractivity (Wildman–Crippen MR) is 195 cm³/mol. The Bertz CT molecular complexity index is 2040. The lowest BCUT2D eigenvalue weighted by Crippen LogP contribution is -2.66. The minimum atomic E-state index is -2.60. The van der Waals surface area contributed by atoms with Crippen LogP contribution in [0.25, 0.3) is 21.8 Å². The molecule has 0 amide bonds. The molecule has 1 saturated carbocycles. The molecule has 0 N–H and O–H groups in total. The van der Waals surface area contributed by atoms with Crippen LogP contribution in [-0.4, -0.2) is 34.0 Å². The van der Waals surface area contributed by atoms with E-state index >= 15 is 0 Å². The Labute approximate surface area is 282 Å². The molecule has 6 nitrogen and oxygen atoms in total. The van der Waals surface area contributed by atoms with Crippen LogP contribution in [0.3, 0.4) is 0 Å². The van der Waals surface area contributed by atoms with Gasteiger partial charge in [-0.2, -0.15) is 0 Å². The summed E-state index contributed by atoms with van der Waals surface area (Å²) in [6, 6.07) is 29.8. The van der Waals surface area contributed by atoms with Gasteiger partial charge >= 0.3 is 5.69 Å². The number of fused-ring (bicyclic) bond motifs is 2. The van der Waals surface area contributed by atoms with Gasteiger partial charge in [0, 0.05) is 35.5 Å². The van der Waals surface area contributed by atoms with Crippen molar-refractivity contribution in [2.75, 3.05) is 6.61 Å². The zero-order valence-electron chi connectivity index (χ0n) is 27.3. The molecule has 0 atom stereocenters. The van der Waals surface area contributed by atoms with E-state index in [1.165, 1.54) is 10.4 Å². The van der Waals surface area contributed by atoms with Crippen molar-refractivity contribution >= 4 is 52.1 Å². The maximum Gasteiger partial charge on any atom is 0.329 e. The molecule has 3 aromatic heterocycles. The first kappa shape index (κ1) is 31.6. The first-order valence-electron chi connectivity index (χ1n) is 16.6. The van der Waals surface area contributed by atoms with Gasteiger partial charge in [0.05, 0.1) is 29.5 Å². The minimum absolute atomic E-state index is 0.0122. The molecule has 0 saturated heterocycles. The second kappa shape index (κ2) is 12.9. The molecule has 0 aliphatic heterocycles. The van der Waals surface area contributed by atoms with E-state index in [2.05, 4.69) is 92.5 Å². The zero-order chi connectivity index (χ0) is 32.6. The molecular weight excluding hydrogens is 620 g/mol. The zero-order valence-corrected chi connectivity index (χ0v) is 29.1. The van der Waals surface area contributed by atoms with Gasteiger partial charge in [-0.15, -0.1) is 0 Å². The van der Waals surface area contributed by atoms with Gasteiger partial charge < -0.3 is 4.43 Å². The van der Waals surface area contributed by atoms with Gasteiger partial charge in [-0.05, 0) is 76.7 Å². The molecule has 0 unspecified atom stereocenters. The molecule has 0 spiro atoms. The summed E-state index contributed by atoms with van der Waals surface area (Å²) in [5.74, 6) is 0. The van der Waals surface area contributed by atoms with Crippen molar-refractivity contribution in [2.45, 2.75) is 70.5 Å². The smallest absolute Gasteiger partial charge is 0.329 e. The van der Waals surface area contributed by atoms with E-state index in [-0.39, 0.29) is 16.8 Å². The predicted octanol–water partition coefficient (Wildman–Crippen LogP) is 7.68. The number of pyridine rings is 2. The SMILES string of the molecule is CC(C)(C)[Si](OCCCCc1c(Cn2c(=O)n(C3CC3)c3ccncc32)ncc2cc(Cl)ccc12)(c1ccccc1)c1ccccc1. The normalized spacial score (nSPS) is 13.9. The molecule has 240 valence electrons. The van der Waals surface area contributed by atoms with Crippen molar-refractivity contribution in [3.05, 3.63) is 130 Å². The van der Waals surface area contributed by atoms with Crippen LogP contribution in [0, 0.1) is 0 Å². The quantitative estimate of drug-likeness (QED) is 0.106. The summed E-state index contributed by atoms with van der Waals surface area (Å²) in [5.41, 5.74) is 3.88. The topological polar surface area (TPSA) is 61.9 Å². The number of unbranched alkanes of at least 4 members (excludes halogenated alkanes) is 1. The second-order valence-corrected chi connectivity index (χ2v) is 18.5. The summed E-state index contributed by atoms with van der Waals surface area (Å²) in [6.45, 7) is 8.00. The van der Waals surface area contributed by atoms with Crippen LogP contribution in [0.15, 0.2) is 108 Å². The van der Waals surface area contributed by atoms with Gasteiger partial charge in [-0.3, -0.25) is 19.1 Å². The summed E-state index contributed by atoms with van der Waals surface area (Å²) in [4.78, 5) is 23.0. The number of halogens is 1. The molecular formula is C39H41ClN4O2Si. The third kappa shape index (κ3) is 5.97. The molecule has 47 heavy (non-hydrogen) atoms. The van der Waals surface area contributed by atoms with Crippen molar-refractivity contribution in [3.8, 4) is 0 Å². The number of imidazole rings is 1. The Morgan fingerprint density at radius 3 is 2.26 bits per heavy atom. The highest BCUT2D eigenvalue weighted by Crippen LogP contribution is 2.38. The van der Waals surface area contributed by atoms with Crippen LogP contribution in [0.1, 0.15) is 63.8 Å². The van der Waals surface area contributed by atoms with E-state index in [0.29, 0.717) is 18.2 Å². The number of rotatable bonds is 11. The minimum Gasteiger partial charge on any atom is -0.407 e. The molecule has 1 fully saturated rings. The first-order chi connectivity index (χ1) is 22.8. The van der Waals surface area contributed by atoms with E-state index in [4.69, 9.17) is 21.0 Å². The molecule has 1 aliphatic carbocycles. The van der Waals surface area contributed by atoms with Crippen LogP contribution in [0.2, 0.25) is 10.1 Å². The van der Waals surface area contributed by atoms with Crippen LogP contribution < -0.4 is 16.1 Å². The van der Waals surface area contributed by atoms with E-state index in [1.807, 2.05) is 33.5 Å². The fraction of sp³-hybridized carbons (Fsp3) is 0.308. The largest absolute Gasteiger partial charge is 0.407 e. The molecule has 3 heterocycles. The van der Waals surface area contributed by atoms with Crippen LogP contribution in [-0.2, 0) is 17.4 Å². The van der Waals surface area contributed by atoms with Crippen molar-refractivity contribution in [1.82, 2.24) is 19.1 Å². The standard InChI is InChI=1S/C39H41ClN4O2Si/c1-39(2,3)47(31-12-6-4-7-13-31,32-14-8-5-9-15-32)46-23-11-10-16-34-33-20-17-29(40)24-28(33)25-42-35(34)27-43-37-26-41-22-21-36(37)44(38(43)45)30-18-19-30/h4-9,12-15,17,20-22,24-26,30H,10-11,16,18-19,23,27H2,1-3H3. The number of aromatic nitrogens is 4. The molecule has 0 radical (unpaired) electrons. The van der Waals surface area contributed by atoms with Gasteiger partial charge in [0.1, 0.15) is 0 Å². The highest BCUT2D eigenvalue weighted by atomic mass is 35.5. The third-order valence-corrected chi connectivity index (χ3v) is 14.9. The lowest BCUT2D eigenvalue weighted by molar-refractivity contribution is 0.288. The average molecular weight is 661 g/mol. The monoisotopic (exact) mass is 660 g/mol. The molecule has 8 heteroatoms. The number of aryl methyl sites for hydroxylation is 1. The summed E-state index contributed by atoms with van der Waals surface area (Å²) in [6.07, 6.45) is 10.2. The van der Waals surface area contributed by atoms with Crippen molar-refractivity contribution in [3.63, 3.8) is 0 Å². The van der Waals surface area contributed by atoms with Gasteiger partial charge in [-0.25, -0.2) is 4.79 Å². The van der Waals surface area contributed by atoms with Crippen LogP contribution >= 0.6 is 11.6 Å². The maximum absolute atomic E-state index is 13.7.